The molecule has 0 saturated carbocycles. The molecule has 1 amide bonds. The van der Waals surface area contributed by atoms with Crippen molar-refractivity contribution in [2.45, 2.75) is 25.5 Å². The average molecular weight is 445 g/mol. The first-order valence-electron chi connectivity index (χ1n) is 10.5. The number of carbonyl (C=O) groups excluding carboxylic acids is 2. The van der Waals surface area contributed by atoms with Gasteiger partial charge in [-0.1, -0.05) is 60.7 Å². The third kappa shape index (κ3) is 4.87. The van der Waals surface area contributed by atoms with Crippen LogP contribution in [0.1, 0.15) is 39.9 Å². The molecule has 7 heteroatoms. The Morgan fingerprint density at radius 1 is 0.879 bits per heavy atom. The Labute approximate surface area is 191 Å². The number of carboxylic acids is 1. The molecule has 3 aromatic carbocycles. The standard InChI is InChI=1S/C26H23NO6/c1-16(25(30)32-14-17-10-12-18(13-11-17)24(28)29)27-26(31)33-15-23-21-8-4-2-6-19(21)20-7-3-5-9-22(20)23/h2-13,16,23H,14-15H2,1H3,(H,27,31)(H,28,29)/t16-/m0/s1. The van der Waals surface area contributed by atoms with Crippen molar-refractivity contribution in [3.63, 3.8) is 0 Å². The van der Waals surface area contributed by atoms with Crippen LogP contribution in [0.5, 0.6) is 0 Å². The molecule has 1 aliphatic carbocycles. The third-order valence-electron chi connectivity index (χ3n) is 5.61. The van der Waals surface area contributed by atoms with E-state index in [1.165, 1.54) is 19.1 Å². The van der Waals surface area contributed by atoms with Gasteiger partial charge in [0, 0.05) is 5.92 Å². The minimum absolute atomic E-state index is 0.0323. The molecule has 33 heavy (non-hydrogen) atoms. The largest absolute Gasteiger partial charge is 0.478 e. The van der Waals surface area contributed by atoms with Crippen LogP contribution in [0, 0.1) is 0 Å². The first-order chi connectivity index (χ1) is 15.9. The number of aromatic carboxylic acids is 1. The third-order valence-corrected chi connectivity index (χ3v) is 5.61. The van der Waals surface area contributed by atoms with Gasteiger partial charge < -0.3 is 19.9 Å². The van der Waals surface area contributed by atoms with Crippen molar-refractivity contribution in [1.29, 1.82) is 0 Å². The lowest BCUT2D eigenvalue weighted by atomic mass is 9.98. The second kappa shape index (κ2) is 9.56. The fourth-order valence-corrected chi connectivity index (χ4v) is 3.90. The maximum Gasteiger partial charge on any atom is 0.407 e. The summed E-state index contributed by atoms with van der Waals surface area (Å²) in [6.07, 6.45) is -0.702. The monoisotopic (exact) mass is 445 g/mol. The van der Waals surface area contributed by atoms with Gasteiger partial charge in [-0.15, -0.1) is 0 Å². The number of benzene rings is 3. The molecular weight excluding hydrogens is 422 g/mol. The van der Waals surface area contributed by atoms with Gasteiger partial charge in [-0.05, 0) is 46.9 Å². The van der Waals surface area contributed by atoms with E-state index in [1.54, 1.807) is 12.1 Å². The summed E-state index contributed by atoms with van der Waals surface area (Å²) in [6, 6.07) is 21.2. The van der Waals surface area contributed by atoms with E-state index in [0.29, 0.717) is 5.56 Å². The van der Waals surface area contributed by atoms with Gasteiger partial charge in [-0.25, -0.2) is 14.4 Å². The summed E-state index contributed by atoms with van der Waals surface area (Å²) < 4.78 is 10.7. The second-order valence-corrected chi connectivity index (χ2v) is 7.80. The molecule has 4 rings (SSSR count). The van der Waals surface area contributed by atoms with Crippen molar-refractivity contribution in [3.8, 4) is 11.1 Å². The van der Waals surface area contributed by atoms with Gasteiger partial charge in [-0.3, -0.25) is 0 Å². The highest BCUT2D eigenvalue weighted by atomic mass is 16.6. The number of esters is 1. The molecule has 0 spiro atoms. The highest BCUT2D eigenvalue weighted by Gasteiger charge is 2.29. The first-order valence-corrected chi connectivity index (χ1v) is 10.5. The van der Waals surface area contributed by atoms with Gasteiger partial charge in [0.2, 0.25) is 0 Å². The summed E-state index contributed by atoms with van der Waals surface area (Å²) in [5, 5.41) is 11.4. The van der Waals surface area contributed by atoms with Crippen LogP contribution in [-0.4, -0.2) is 35.8 Å². The number of carbonyl (C=O) groups is 3. The fourth-order valence-electron chi connectivity index (χ4n) is 3.90. The van der Waals surface area contributed by atoms with Crippen LogP contribution < -0.4 is 5.32 Å². The van der Waals surface area contributed by atoms with Crippen LogP contribution in [-0.2, 0) is 20.9 Å². The quantitative estimate of drug-likeness (QED) is 0.524. The Morgan fingerprint density at radius 2 is 1.45 bits per heavy atom. The van der Waals surface area contributed by atoms with E-state index in [4.69, 9.17) is 14.6 Å². The van der Waals surface area contributed by atoms with Gasteiger partial charge in [-0.2, -0.15) is 0 Å². The SMILES string of the molecule is C[C@H](NC(=O)OCC1c2ccccc2-c2ccccc21)C(=O)OCc1ccc(C(=O)O)cc1. The molecule has 0 bridgehead atoms. The molecule has 0 radical (unpaired) electrons. The van der Waals surface area contributed by atoms with E-state index in [1.807, 2.05) is 36.4 Å². The number of hydrogen-bond donors (Lipinski definition) is 2. The normalized spacial score (nSPS) is 12.9. The Morgan fingerprint density at radius 3 is 2.03 bits per heavy atom. The van der Waals surface area contributed by atoms with Crippen LogP contribution in [0.25, 0.3) is 11.1 Å². The minimum Gasteiger partial charge on any atom is -0.478 e. The predicted octanol–water partition coefficient (Wildman–Crippen LogP) is 4.36. The first kappa shape index (κ1) is 22.1. The Kier molecular flexibility index (Phi) is 6.40. The van der Waals surface area contributed by atoms with E-state index < -0.39 is 24.1 Å². The molecule has 0 unspecified atom stereocenters. The predicted molar refractivity (Wildman–Crippen MR) is 121 cm³/mol. The van der Waals surface area contributed by atoms with Crippen molar-refractivity contribution in [2.24, 2.45) is 0 Å². The van der Waals surface area contributed by atoms with E-state index in [0.717, 1.165) is 22.3 Å². The number of amides is 1. The van der Waals surface area contributed by atoms with Gasteiger partial charge in [0.05, 0.1) is 5.56 Å². The number of alkyl carbamates (subject to hydrolysis) is 1. The molecule has 1 aliphatic rings. The summed E-state index contributed by atoms with van der Waals surface area (Å²) >= 11 is 0. The van der Waals surface area contributed by atoms with Gasteiger partial charge in [0.25, 0.3) is 0 Å². The second-order valence-electron chi connectivity index (χ2n) is 7.80. The van der Waals surface area contributed by atoms with Gasteiger partial charge >= 0.3 is 18.0 Å². The van der Waals surface area contributed by atoms with Gasteiger partial charge in [0.15, 0.2) is 0 Å². The number of ether oxygens (including phenoxy) is 2. The molecule has 7 nitrogen and oxygen atoms in total. The topological polar surface area (TPSA) is 102 Å². The van der Waals surface area contributed by atoms with E-state index >= 15 is 0 Å². The molecule has 0 aromatic heterocycles. The number of carboxylic acid groups (broad SMARTS) is 1. The van der Waals surface area contributed by atoms with Crippen LogP contribution in [0.4, 0.5) is 4.79 Å². The Bertz CT molecular complexity index is 1140. The molecule has 0 heterocycles. The molecule has 3 aromatic rings. The van der Waals surface area contributed by atoms with Crippen molar-refractivity contribution >= 4 is 18.0 Å². The summed E-state index contributed by atoms with van der Waals surface area (Å²) in [4.78, 5) is 35.4. The summed E-state index contributed by atoms with van der Waals surface area (Å²) in [5.41, 5.74) is 5.27. The summed E-state index contributed by atoms with van der Waals surface area (Å²) in [6.45, 7) is 1.63. The van der Waals surface area contributed by atoms with E-state index in [9.17, 15) is 14.4 Å². The van der Waals surface area contributed by atoms with Crippen LogP contribution in [0.2, 0.25) is 0 Å². The molecule has 0 saturated heterocycles. The molecule has 0 aliphatic heterocycles. The highest BCUT2D eigenvalue weighted by molar-refractivity contribution is 5.87. The zero-order valence-electron chi connectivity index (χ0n) is 18.0. The lowest BCUT2D eigenvalue weighted by Gasteiger charge is -2.17. The van der Waals surface area contributed by atoms with Crippen molar-refractivity contribution in [3.05, 3.63) is 95.1 Å². The molecule has 0 fully saturated rings. The minimum atomic E-state index is -1.03. The lowest BCUT2D eigenvalue weighted by Crippen LogP contribution is -2.40. The van der Waals surface area contributed by atoms with Crippen molar-refractivity contribution < 1.29 is 29.0 Å². The molecule has 1 atom stereocenters. The van der Waals surface area contributed by atoms with Gasteiger partial charge in [0.1, 0.15) is 19.3 Å². The summed E-state index contributed by atoms with van der Waals surface area (Å²) in [5.74, 6) is -1.72. The maximum absolute atomic E-state index is 12.3. The number of rotatable bonds is 7. The van der Waals surface area contributed by atoms with Crippen molar-refractivity contribution in [1.82, 2.24) is 5.32 Å². The maximum atomic E-state index is 12.3. The van der Waals surface area contributed by atoms with E-state index in [2.05, 4.69) is 17.4 Å². The number of fused-ring (bicyclic) bond motifs is 3. The zero-order chi connectivity index (χ0) is 23.4. The molecule has 2 N–H and O–H groups in total. The number of nitrogens with one attached hydrogen (secondary N) is 1. The number of hydrogen-bond acceptors (Lipinski definition) is 5. The Hall–Kier alpha value is -4.13. The lowest BCUT2D eigenvalue weighted by molar-refractivity contribution is -0.146. The molecule has 168 valence electrons. The Balaban J connectivity index is 1.29. The zero-order valence-corrected chi connectivity index (χ0v) is 18.0. The van der Waals surface area contributed by atoms with Crippen LogP contribution >= 0.6 is 0 Å². The fraction of sp³-hybridized carbons (Fsp3) is 0.192. The van der Waals surface area contributed by atoms with E-state index in [-0.39, 0.29) is 24.7 Å². The molecular formula is C26H23NO6. The van der Waals surface area contributed by atoms with Crippen molar-refractivity contribution in [2.75, 3.05) is 6.61 Å². The van der Waals surface area contributed by atoms with Crippen LogP contribution in [0.15, 0.2) is 72.8 Å². The summed E-state index contributed by atoms with van der Waals surface area (Å²) in [7, 11) is 0. The average Bonchev–Trinajstić information content (AvgIpc) is 3.15. The smallest absolute Gasteiger partial charge is 0.407 e. The highest BCUT2D eigenvalue weighted by Crippen LogP contribution is 2.44. The van der Waals surface area contributed by atoms with Crippen LogP contribution in [0.3, 0.4) is 0 Å².